The average molecular weight is 234 g/mol. The van der Waals surface area contributed by atoms with Gasteiger partial charge in [0.2, 0.25) is 0 Å². The smallest absolute Gasteiger partial charge is 0.193 e. The van der Waals surface area contributed by atoms with Gasteiger partial charge in [-0.2, -0.15) is 0 Å². The van der Waals surface area contributed by atoms with Gasteiger partial charge in [0.1, 0.15) is 0 Å². The van der Waals surface area contributed by atoms with Gasteiger partial charge in [-0.05, 0) is 5.41 Å². The third kappa shape index (κ3) is 2.22. The van der Waals surface area contributed by atoms with Gasteiger partial charge in [0.25, 0.3) is 0 Å². The lowest BCUT2D eigenvalue weighted by Gasteiger charge is -2.14. The molecule has 0 spiro atoms. The minimum Gasteiger partial charge on any atom is -0.300 e. The van der Waals surface area contributed by atoms with Crippen LogP contribution in [0.2, 0.25) is 0 Å². The van der Waals surface area contributed by atoms with Crippen LogP contribution in [-0.2, 0) is 5.41 Å². The Morgan fingerprint density at radius 2 is 1.88 bits per heavy atom. The average Bonchev–Trinajstić information content (AvgIpc) is 2.67. The molecule has 0 saturated carbocycles. The zero-order chi connectivity index (χ0) is 11.8. The Labute approximate surface area is 98.4 Å². The molecule has 2 heterocycles. The molecular weight excluding hydrogens is 220 g/mol. The maximum Gasteiger partial charge on any atom is 0.193 e. The fraction of sp³-hybridized carbons (Fsp3) is 0.333. The quantitative estimate of drug-likeness (QED) is 0.760. The summed E-state index contributed by atoms with van der Waals surface area (Å²) >= 11 is 1.65. The van der Waals surface area contributed by atoms with Crippen LogP contribution >= 0.6 is 11.3 Å². The van der Waals surface area contributed by atoms with E-state index in [1.165, 1.54) is 17.0 Å². The van der Waals surface area contributed by atoms with Crippen molar-refractivity contribution in [2.75, 3.05) is 0 Å². The van der Waals surface area contributed by atoms with E-state index in [1.54, 1.807) is 23.7 Å². The summed E-state index contributed by atoms with van der Waals surface area (Å²) in [5, 5.41) is 0.893. The van der Waals surface area contributed by atoms with Crippen LogP contribution in [-0.4, -0.2) is 9.55 Å². The van der Waals surface area contributed by atoms with E-state index in [1.807, 2.05) is 10.8 Å². The van der Waals surface area contributed by atoms with Crippen LogP contribution in [0.4, 0.5) is 0 Å². The predicted molar refractivity (Wildman–Crippen MR) is 66.4 cm³/mol. The summed E-state index contributed by atoms with van der Waals surface area (Å²) in [6.07, 6.45) is 5.39. The molecule has 0 aliphatic rings. The number of nitrogens with zero attached hydrogens (tertiary/aromatic N) is 2. The molecule has 0 saturated heterocycles. The van der Waals surface area contributed by atoms with Crippen LogP contribution in [0.1, 0.15) is 25.6 Å². The van der Waals surface area contributed by atoms with Crippen molar-refractivity contribution in [3.8, 4) is 5.13 Å². The minimum absolute atomic E-state index is 0.0175. The van der Waals surface area contributed by atoms with Gasteiger partial charge >= 0.3 is 0 Å². The molecule has 0 atom stereocenters. The van der Waals surface area contributed by atoms with Crippen molar-refractivity contribution in [3.05, 3.63) is 45.8 Å². The van der Waals surface area contributed by atoms with Crippen molar-refractivity contribution >= 4 is 11.3 Å². The van der Waals surface area contributed by atoms with Crippen molar-refractivity contribution in [3.63, 3.8) is 0 Å². The van der Waals surface area contributed by atoms with Crippen LogP contribution in [0.5, 0.6) is 0 Å². The molecule has 84 valence electrons. The first kappa shape index (κ1) is 11.1. The van der Waals surface area contributed by atoms with E-state index in [0.717, 1.165) is 5.13 Å². The molecule has 0 amide bonds. The first-order chi connectivity index (χ1) is 7.47. The molecule has 2 aromatic rings. The summed E-state index contributed by atoms with van der Waals surface area (Å²) in [6.45, 7) is 6.49. The zero-order valence-corrected chi connectivity index (χ0v) is 10.4. The van der Waals surface area contributed by atoms with E-state index in [2.05, 4.69) is 25.8 Å². The van der Waals surface area contributed by atoms with E-state index in [-0.39, 0.29) is 10.8 Å². The van der Waals surface area contributed by atoms with E-state index >= 15 is 0 Å². The summed E-state index contributed by atoms with van der Waals surface area (Å²) in [5.74, 6) is 0. The van der Waals surface area contributed by atoms with Gasteiger partial charge in [-0.3, -0.25) is 9.36 Å². The Hall–Kier alpha value is -1.42. The lowest BCUT2D eigenvalue weighted by molar-refractivity contribution is 0.602. The molecule has 0 aliphatic carbocycles. The maximum absolute atomic E-state index is 11.0. The summed E-state index contributed by atoms with van der Waals surface area (Å²) in [5.41, 5.74) is 0.137. The summed E-state index contributed by atoms with van der Waals surface area (Å²) in [6, 6.07) is 3.08. The maximum atomic E-state index is 11.0. The SMILES string of the molecule is CC(C)(C)c1cnc(-n2ccc(=O)cc2)s1. The van der Waals surface area contributed by atoms with E-state index in [0.29, 0.717) is 0 Å². The lowest BCUT2D eigenvalue weighted by atomic mass is 9.96. The molecular formula is C12H14N2OS. The standard InChI is InChI=1S/C12H14N2OS/c1-12(2,3)10-8-13-11(16-10)14-6-4-9(15)5-7-14/h4-8H,1-3H3. The molecule has 3 nitrogen and oxygen atoms in total. The largest absolute Gasteiger partial charge is 0.300 e. The second-order valence-corrected chi connectivity index (χ2v) is 5.71. The molecule has 0 unspecified atom stereocenters. The minimum atomic E-state index is 0.0175. The van der Waals surface area contributed by atoms with Crippen molar-refractivity contribution < 1.29 is 0 Å². The van der Waals surface area contributed by atoms with Gasteiger partial charge in [-0.1, -0.05) is 20.8 Å². The van der Waals surface area contributed by atoms with Gasteiger partial charge in [-0.15, -0.1) is 11.3 Å². The van der Waals surface area contributed by atoms with Crippen molar-refractivity contribution in [2.24, 2.45) is 0 Å². The highest BCUT2D eigenvalue weighted by Crippen LogP contribution is 2.28. The number of aromatic nitrogens is 2. The monoisotopic (exact) mass is 234 g/mol. The number of rotatable bonds is 1. The van der Waals surface area contributed by atoms with Crippen molar-refractivity contribution in [1.29, 1.82) is 0 Å². The van der Waals surface area contributed by atoms with Gasteiger partial charge < -0.3 is 0 Å². The molecule has 0 aliphatic heterocycles. The Morgan fingerprint density at radius 3 is 2.38 bits per heavy atom. The molecule has 0 bridgehead atoms. The van der Waals surface area contributed by atoms with E-state index in [9.17, 15) is 4.79 Å². The number of hydrogen-bond donors (Lipinski definition) is 0. The predicted octanol–water partition coefficient (Wildman–Crippen LogP) is 2.59. The van der Waals surface area contributed by atoms with Crippen LogP contribution in [0, 0.1) is 0 Å². The highest BCUT2D eigenvalue weighted by Gasteiger charge is 2.17. The first-order valence-corrected chi connectivity index (χ1v) is 5.93. The van der Waals surface area contributed by atoms with E-state index in [4.69, 9.17) is 0 Å². The molecule has 2 aromatic heterocycles. The van der Waals surface area contributed by atoms with Crippen LogP contribution in [0.3, 0.4) is 0 Å². The topological polar surface area (TPSA) is 34.9 Å². The van der Waals surface area contributed by atoms with Gasteiger partial charge in [0, 0.05) is 35.6 Å². The lowest BCUT2D eigenvalue weighted by Crippen LogP contribution is -2.07. The summed E-state index contributed by atoms with van der Waals surface area (Å²) in [4.78, 5) is 16.6. The second-order valence-electron chi connectivity index (χ2n) is 4.70. The molecule has 0 aromatic carbocycles. The molecule has 4 heteroatoms. The van der Waals surface area contributed by atoms with Crippen LogP contribution in [0.25, 0.3) is 5.13 Å². The Bertz CT molecular complexity index is 528. The molecule has 0 fully saturated rings. The molecule has 0 radical (unpaired) electrons. The Morgan fingerprint density at radius 1 is 1.25 bits per heavy atom. The third-order valence-electron chi connectivity index (χ3n) is 2.25. The first-order valence-electron chi connectivity index (χ1n) is 5.12. The van der Waals surface area contributed by atoms with Gasteiger partial charge in [0.05, 0.1) is 0 Å². The third-order valence-corrected chi connectivity index (χ3v) is 3.69. The Kier molecular flexibility index (Phi) is 2.68. The van der Waals surface area contributed by atoms with E-state index < -0.39 is 0 Å². The summed E-state index contributed by atoms with van der Waals surface area (Å²) < 4.78 is 1.86. The normalized spacial score (nSPS) is 11.7. The van der Waals surface area contributed by atoms with Gasteiger partial charge in [-0.25, -0.2) is 4.98 Å². The second kappa shape index (κ2) is 3.87. The highest BCUT2D eigenvalue weighted by molar-refractivity contribution is 7.14. The number of hydrogen-bond acceptors (Lipinski definition) is 3. The fourth-order valence-corrected chi connectivity index (χ4v) is 2.21. The van der Waals surface area contributed by atoms with Crippen molar-refractivity contribution in [1.82, 2.24) is 9.55 Å². The highest BCUT2D eigenvalue weighted by atomic mass is 32.1. The molecule has 16 heavy (non-hydrogen) atoms. The fourth-order valence-electron chi connectivity index (χ4n) is 1.27. The van der Waals surface area contributed by atoms with Crippen molar-refractivity contribution in [2.45, 2.75) is 26.2 Å². The Balaban J connectivity index is 2.39. The number of thiazole rings is 1. The zero-order valence-electron chi connectivity index (χ0n) is 9.60. The van der Waals surface area contributed by atoms with Gasteiger partial charge in [0.15, 0.2) is 10.6 Å². The van der Waals surface area contributed by atoms with Crippen LogP contribution < -0.4 is 5.43 Å². The molecule has 2 rings (SSSR count). The van der Waals surface area contributed by atoms with Crippen LogP contribution in [0.15, 0.2) is 35.5 Å². The molecule has 0 N–H and O–H groups in total. The number of pyridine rings is 1. The summed E-state index contributed by atoms with van der Waals surface area (Å²) in [7, 11) is 0.